The summed E-state index contributed by atoms with van der Waals surface area (Å²) in [6.07, 6.45) is 27.7. The minimum absolute atomic E-state index is 0.406. The van der Waals surface area contributed by atoms with Crippen molar-refractivity contribution in [2.24, 2.45) is 46.3 Å². The SMILES string of the molecule is CCCCCC1CCC(C2CCC3(CC2)C(=O)C2(CCC(C4CCC(CCC)CC4)CC2)C3=O)CC1. The van der Waals surface area contributed by atoms with Gasteiger partial charge in [-0.15, -0.1) is 0 Å². The van der Waals surface area contributed by atoms with E-state index in [1.165, 1.54) is 89.9 Å². The number of ketones is 2. The first kappa shape index (κ1) is 26.9. The minimum Gasteiger partial charge on any atom is -0.297 e. The molecule has 0 amide bonds. The second-order valence-electron chi connectivity index (χ2n) is 14.3. The molecule has 5 aliphatic rings. The molecule has 0 aromatic carbocycles. The van der Waals surface area contributed by atoms with Gasteiger partial charge in [0.15, 0.2) is 11.6 Å². The summed E-state index contributed by atoms with van der Waals surface area (Å²) >= 11 is 0. The Hall–Kier alpha value is -0.660. The fraction of sp³-hybridized carbons (Fsp3) is 0.941. The normalized spacial score (nSPS) is 43.6. The van der Waals surface area contributed by atoms with Crippen molar-refractivity contribution in [2.75, 3.05) is 0 Å². The molecule has 5 fully saturated rings. The van der Waals surface area contributed by atoms with Gasteiger partial charge in [-0.3, -0.25) is 9.59 Å². The van der Waals surface area contributed by atoms with Crippen LogP contribution >= 0.6 is 0 Å². The molecule has 0 aliphatic heterocycles. The largest absolute Gasteiger partial charge is 0.297 e. The molecule has 36 heavy (non-hydrogen) atoms. The van der Waals surface area contributed by atoms with E-state index in [-0.39, 0.29) is 0 Å². The van der Waals surface area contributed by atoms with Gasteiger partial charge in [0.25, 0.3) is 0 Å². The Bertz CT molecular complexity index is 715. The van der Waals surface area contributed by atoms with E-state index in [0.29, 0.717) is 11.6 Å². The van der Waals surface area contributed by atoms with Crippen molar-refractivity contribution in [1.29, 1.82) is 0 Å². The van der Waals surface area contributed by atoms with Crippen molar-refractivity contribution < 1.29 is 9.59 Å². The highest BCUT2D eigenvalue weighted by Gasteiger charge is 2.71. The van der Waals surface area contributed by atoms with E-state index >= 15 is 0 Å². The van der Waals surface area contributed by atoms with Crippen LogP contribution in [0, 0.1) is 46.3 Å². The van der Waals surface area contributed by atoms with E-state index in [2.05, 4.69) is 13.8 Å². The minimum atomic E-state index is -0.543. The van der Waals surface area contributed by atoms with Crippen LogP contribution in [0.5, 0.6) is 0 Å². The van der Waals surface area contributed by atoms with Gasteiger partial charge in [0.05, 0.1) is 10.8 Å². The molecule has 2 nitrogen and oxygen atoms in total. The smallest absolute Gasteiger partial charge is 0.159 e. The molecule has 0 N–H and O–H groups in total. The van der Waals surface area contributed by atoms with Gasteiger partial charge in [0, 0.05) is 0 Å². The Balaban J connectivity index is 1.07. The summed E-state index contributed by atoms with van der Waals surface area (Å²) in [7, 11) is 0. The summed E-state index contributed by atoms with van der Waals surface area (Å²) in [5.41, 5.74) is -1.09. The van der Waals surface area contributed by atoms with Gasteiger partial charge in [0.1, 0.15) is 0 Å². The Kier molecular flexibility index (Phi) is 8.68. The molecule has 0 radical (unpaired) electrons. The van der Waals surface area contributed by atoms with Crippen molar-refractivity contribution in [2.45, 2.75) is 155 Å². The van der Waals surface area contributed by atoms with Gasteiger partial charge in [0.2, 0.25) is 0 Å². The van der Waals surface area contributed by atoms with Gasteiger partial charge in [-0.2, -0.15) is 0 Å². The molecule has 2 spiro atoms. The molecule has 0 saturated heterocycles. The molecule has 2 heteroatoms. The maximum atomic E-state index is 13.8. The lowest BCUT2D eigenvalue weighted by molar-refractivity contribution is -0.179. The van der Waals surface area contributed by atoms with Gasteiger partial charge in [-0.1, -0.05) is 78.1 Å². The molecule has 204 valence electrons. The first-order chi connectivity index (χ1) is 17.5. The first-order valence-corrected chi connectivity index (χ1v) is 16.6. The molecule has 5 saturated carbocycles. The molecular weight excluding hydrogens is 440 g/mol. The Morgan fingerprint density at radius 3 is 1.28 bits per heavy atom. The molecule has 0 atom stereocenters. The second-order valence-corrected chi connectivity index (χ2v) is 14.3. The number of Topliss-reactive ketones (excluding diaryl/α,β-unsaturated/α-hetero) is 2. The first-order valence-electron chi connectivity index (χ1n) is 16.6. The van der Waals surface area contributed by atoms with Gasteiger partial charge >= 0.3 is 0 Å². The van der Waals surface area contributed by atoms with E-state index in [1.54, 1.807) is 0 Å². The molecule has 0 heterocycles. The highest BCUT2D eigenvalue weighted by molar-refractivity contribution is 6.30. The fourth-order valence-electron chi connectivity index (χ4n) is 10.2. The van der Waals surface area contributed by atoms with Crippen LogP contribution in [0.1, 0.15) is 155 Å². The molecule has 0 aromatic rings. The third-order valence-corrected chi connectivity index (χ3v) is 12.5. The predicted octanol–water partition coefficient (Wildman–Crippen LogP) is 9.48. The Labute approximate surface area is 222 Å². The number of carbonyl (C=O) groups is 2. The van der Waals surface area contributed by atoms with Crippen LogP contribution in [0.25, 0.3) is 0 Å². The Morgan fingerprint density at radius 1 is 0.500 bits per heavy atom. The van der Waals surface area contributed by atoms with Crippen molar-refractivity contribution in [3.63, 3.8) is 0 Å². The van der Waals surface area contributed by atoms with Crippen LogP contribution in [-0.4, -0.2) is 11.6 Å². The van der Waals surface area contributed by atoms with Crippen molar-refractivity contribution >= 4 is 11.6 Å². The standard InChI is InChI=1S/C34H56O2/c1-3-5-6-8-26-11-15-28(16-12-26)30-19-23-34(24-20-30)31(35)33(32(34)36)21-17-29(18-22-33)27-13-9-25(7-4-2)10-14-27/h25-30H,3-24H2,1-2H3. The topological polar surface area (TPSA) is 34.1 Å². The lowest BCUT2D eigenvalue weighted by atomic mass is 9.41. The maximum absolute atomic E-state index is 13.8. The summed E-state index contributed by atoms with van der Waals surface area (Å²) in [4.78, 5) is 27.5. The summed E-state index contributed by atoms with van der Waals surface area (Å²) < 4.78 is 0. The van der Waals surface area contributed by atoms with E-state index in [4.69, 9.17) is 0 Å². The summed E-state index contributed by atoms with van der Waals surface area (Å²) in [6.45, 7) is 4.62. The zero-order valence-corrected chi connectivity index (χ0v) is 23.8. The number of unbranched alkanes of at least 4 members (excludes halogenated alkanes) is 2. The maximum Gasteiger partial charge on any atom is 0.159 e. The molecular formula is C34H56O2. The molecule has 0 bridgehead atoms. The van der Waals surface area contributed by atoms with Crippen molar-refractivity contribution in [1.82, 2.24) is 0 Å². The van der Waals surface area contributed by atoms with E-state index in [0.717, 1.165) is 86.9 Å². The zero-order chi connectivity index (χ0) is 25.2. The van der Waals surface area contributed by atoms with Gasteiger partial charge in [-0.05, 0) is 113 Å². The van der Waals surface area contributed by atoms with Crippen molar-refractivity contribution in [3.05, 3.63) is 0 Å². The lowest BCUT2D eigenvalue weighted by Gasteiger charge is -2.58. The predicted molar refractivity (Wildman–Crippen MR) is 149 cm³/mol. The van der Waals surface area contributed by atoms with Crippen molar-refractivity contribution in [3.8, 4) is 0 Å². The average molecular weight is 497 g/mol. The highest BCUT2D eigenvalue weighted by Crippen LogP contribution is 2.63. The number of hydrogen-bond donors (Lipinski definition) is 0. The summed E-state index contributed by atoms with van der Waals surface area (Å²) in [5, 5.41) is 0. The fourth-order valence-corrected chi connectivity index (χ4v) is 10.2. The number of hydrogen-bond acceptors (Lipinski definition) is 2. The van der Waals surface area contributed by atoms with E-state index < -0.39 is 10.8 Å². The third kappa shape index (κ3) is 5.02. The number of rotatable bonds is 8. The van der Waals surface area contributed by atoms with Crippen LogP contribution in [0.2, 0.25) is 0 Å². The van der Waals surface area contributed by atoms with Crippen LogP contribution < -0.4 is 0 Å². The summed E-state index contributed by atoms with van der Waals surface area (Å²) in [5.74, 6) is 6.04. The molecule has 0 unspecified atom stereocenters. The lowest BCUT2D eigenvalue weighted by Crippen LogP contribution is -2.68. The van der Waals surface area contributed by atoms with Gasteiger partial charge in [-0.25, -0.2) is 0 Å². The molecule has 5 rings (SSSR count). The monoisotopic (exact) mass is 496 g/mol. The van der Waals surface area contributed by atoms with Gasteiger partial charge < -0.3 is 0 Å². The van der Waals surface area contributed by atoms with Crippen LogP contribution in [-0.2, 0) is 9.59 Å². The molecule has 0 aromatic heterocycles. The number of carbonyl (C=O) groups excluding carboxylic acids is 2. The van der Waals surface area contributed by atoms with Crippen LogP contribution in [0.15, 0.2) is 0 Å². The second kappa shape index (κ2) is 11.6. The van der Waals surface area contributed by atoms with E-state index in [1.807, 2.05) is 0 Å². The Morgan fingerprint density at radius 2 is 0.889 bits per heavy atom. The third-order valence-electron chi connectivity index (χ3n) is 12.5. The zero-order valence-electron chi connectivity index (χ0n) is 23.8. The highest BCUT2D eigenvalue weighted by atomic mass is 16.2. The molecule has 5 aliphatic carbocycles. The van der Waals surface area contributed by atoms with Crippen LogP contribution in [0.4, 0.5) is 0 Å². The van der Waals surface area contributed by atoms with Crippen LogP contribution in [0.3, 0.4) is 0 Å². The average Bonchev–Trinajstić information content (AvgIpc) is 2.94. The van der Waals surface area contributed by atoms with E-state index in [9.17, 15) is 9.59 Å². The summed E-state index contributed by atoms with van der Waals surface area (Å²) in [6, 6.07) is 0. The quantitative estimate of drug-likeness (QED) is 0.248.